The first kappa shape index (κ1) is 10.9. The van der Waals surface area contributed by atoms with Crippen molar-refractivity contribution >= 4 is 5.91 Å². The Morgan fingerprint density at radius 1 is 1.33 bits per heavy atom. The number of likely N-dealkylation sites (N-methyl/N-ethyl adjacent to an activating group) is 1. The zero-order valence-electron chi connectivity index (χ0n) is 9.65. The molecule has 3 unspecified atom stereocenters. The van der Waals surface area contributed by atoms with E-state index in [1.807, 2.05) is 11.9 Å². The van der Waals surface area contributed by atoms with Gasteiger partial charge < -0.3 is 10.6 Å². The quantitative estimate of drug-likeness (QED) is 0.658. The number of hydrogen-bond donors (Lipinski definition) is 1. The van der Waals surface area contributed by atoms with Gasteiger partial charge in [0.05, 0.1) is 6.04 Å². The van der Waals surface area contributed by atoms with Crippen molar-refractivity contribution in [3.8, 4) is 0 Å². The highest BCUT2D eigenvalue weighted by atomic mass is 16.2. The van der Waals surface area contributed by atoms with Crippen molar-refractivity contribution in [3.05, 3.63) is 0 Å². The predicted octanol–water partition coefficient (Wildman–Crippen LogP) is -0.114. The number of nitrogens with two attached hydrogens (primary N) is 1. The van der Waals surface area contributed by atoms with Gasteiger partial charge in [-0.2, -0.15) is 0 Å². The second kappa shape index (κ2) is 4.10. The Morgan fingerprint density at radius 3 is 2.60 bits per heavy atom. The average Bonchev–Trinajstić information content (AvgIpc) is 2.53. The lowest BCUT2D eigenvalue weighted by Gasteiger charge is -2.37. The zero-order chi connectivity index (χ0) is 11.0. The second-order valence-electron chi connectivity index (χ2n) is 4.99. The largest absolute Gasteiger partial charge is 0.344 e. The molecule has 0 bridgehead atoms. The summed E-state index contributed by atoms with van der Waals surface area (Å²) in [6, 6.07) is 0.339. The molecule has 86 valence electrons. The molecule has 2 aliphatic rings. The van der Waals surface area contributed by atoms with Crippen LogP contribution in [-0.2, 0) is 4.79 Å². The molecule has 2 saturated heterocycles. The van der Waals surface area contributed by atoms with Crippen molar-refractivity contribution in [1.29, 1.82) is 0 Å². The molecule has 1 amide bonds. The van der Waals surface area contributed by atoms with Gasteiger partial charge in [0, 0.05) is 26.2 Å². The third kappa shape index (κ3) is 2.01. The molecule has 0 aromatic carbocycles. The third-order valence-electron chi connectivity index (χ3n) is 3.89. The van der Waals surface area contributed by atoms with Gasteiger partial charge >= 0.3 is 0 Å². The number of carbonyl (C=O) groups excluding carboxylic acids is 1. The fourth-order valence-corrected chi connectivity index (χ4v) is 2.55. The van der Waals surface area contributed by atoms with Gasteiger partial charge in [-0.05, 0) is 25.3 Å². The molecule has 0 radical (unpaired) electrons. The molecular formula is C11H21N3O. The monoisotopic (exact) mass is 211 g/mol. The van der Waals surface area contributed by atoms with Gasteiger partial charge in [-0.15, -0.1) is 0 Å². The molecule has 0 aliphatic carbocycles. The third-order valence-corrected chi connectivity index (χ3v) is 3.89. The van der Waals surface area contributed by atoms with Crippen LogP contribution in [0.3, 0.4) is 0 Å². The molecule has 0 spiro atoms. The molecule has 2 heterocycles. The zero-order valence-corrected chi connectivity index (χ0v) is 9.65. The van der Waals surface area contributed by atoms with Crippen LogP contribution < -0.4 is 5.73 Å². The number of carbonyl (C=O) groups is 1. The smallest absolute Gasteiger partial charge is 0.239 e. The van der Waals surface area contributed by atoms with E-state index >= 15 is 0 Å². The first-order chi connectivity index (χ1) is 7.09. The van der Waals surface area contributed by atoms with Crippen LogP contribution in [0.15, 0.2) is 0 Å². The number of nitrogens with zero attached hydrogens (tertiary/aromatic N) is 2. The maximum absolute atomic E-state index is 11.8. The maximum Gasteiger partial charge on any atom is 0.239 e. The van der Waals surface area contributed by atoms with E-state index in [1.165, 1.54) is 0 Å². The van der Waals surface area contributed by atoms with E-state index in [1.54, 1.807) is 0 Å². The van der Waals surface area contributed by atoms with Crippen molar-refractivity contribution in [3.63, 3.8) is 0 Å². The van der Waals surface area contributed by atoms with E-state index in [4.69, 9.17) is 5.73 Å². The Labute approximate surface area is 91.4 Å². The van der Waals surface area contributed by atoms with Crippen molar-refractivity contribution in [2.45, 2.75) is 31.8 Å². The Morgan fingerprint density at radius 2 is 2.07 bits per heavy atom. The van der Waals surface area contributed by atoms with Crippen LogP contribution in [-0.4, -0.2) is 54.5 Å². The lowest BCUT2D eigenvalue weighted by Crippen LogP contribution is -2.53. The molecule has 0 aromatic rings. The summed E-state index contributed by atoms with van der Waals surface area (Å²) in [6.45, 7) is 5.00. The maximum atomic E-state index is 11.8. The lowest BCUT2D eigenvalue weighted by molar-refractivity contribution is -0.131. The first-order valence-electron chi connectivity index (χ1n) is 5.84. The number of amides is 1. The highest BCUT2D eigenvalue weighted by Crippen LogP contribution is 2.22. The Balaban J connectivity index is 1.97. The van der Waals surface area contributed by atoms with Gasteiger partial charge in [0.15, 0.2) is 0 Å². The normalized spacial score (nSPS) is 38.7. The van der Waals surface area contributed by atoms with Crippen molar-refractivity contribution in [2.75, 3.05) is 26.7 Å². The minimum absolute atomic E-state index is 0.105. The fraction of sp³-hybridized carbons (Fsp3) is 0.909. The molecule has 3 atom stereocenters. The standard InChI is InChI=1S/C11H21N3O/c1-8-3-6-14(7-9(8)12)10-4-5-13(2)11(10)15/h8-10H,3-7,12H2,1-2H3. The highest BCUT2D eigenvalue weighted by molar-refractivity contribution is 5.83. The van der Waals surface area contributed by atoms with Crippen molar-refractivity contribution in [1.82, 2.24) is 9.80 Å². The molecule has 15 heavy (non-hydrogen) atoms. The SMILES string of the molecule is CC1CCN(C2CCN(C)C2=O)CC1N. The summed E-state index contributed by atoms with van der Waals surface area (Å²) in [5.74, 6) is 0.868. The van der Waals surface area contributed by atoms with Crippen LogP contribution in [0.2, 0.25) is 0 Å². The van der Waals surface area contributed by atoms with Crippen LogP contribution in [0.25, 0.3) is 0 Å². The summed E-state index contributed by atoms with van der Waals surface area (Å²) in [5, 5.41) is 0. The molecule has 2 rings (SSSR count). The van der Waals surface area contributed by atoms with Crippen LogP contribution in [0, 0.1) is 5.92 Å². The molecule has 0 aromatic heterocycles. The average molecular weight is 211 g/mol. The summed E-state index contributed by atoms with van der Waals surface area (Å²) in [6.07, 6.45) is 2.09. The summed E-state index contributed by atoms with van der Waals surface area (Å²) in [5.41, 5.74) is 6.05. The van der Waals surface area contributed by atoms with Crippen LogP contribution >= 0.6 is 0 Å². The minimum Gasteiger partial charge on any atom is -0.344 e. The predicted molar refractivity (Wildman–Crippen MR) is 59.4 cm³/mol. The van der Waals surface area contributed by atoms with E-state index in [9.17, 15) is 4.79 Å². The van der Waals surface area contributed by atoms with Gasteiger partial charge in [-0.3, -0.25) is 9.69 Å². The van der Waals surface area contributed by atoms with Gasteiger partial charge in [0.1, 0.15) is 0 Å². The molecule has 4 nitrogen and oxygen atoms in total. The molecule has 2 N–H and O–H groups in total. The highest BCUT2D eigenvalue weighted by Gasteiger charge is 2.36. The van der Waals surface area contributed by atoms with Crippen LogP contribution in [0.5, 0.6) is 0 Å². The van der Waals surface area contributed by atoms with Gasteiger partial charge in [0.25, 0.3) is 0 Å². The molecule has 2 aliphatic heterocycles. The number of likely N-dealkylation sites (tertiary alicyclic amines) is 2. The number of hydrogen-bond acceptors (Lipinski definition) is 3. The van der Waals surface area contributed by atoms with Gasteiger partial charge in [0.2, 0.25) is 5.91 Å². The summed E-state index contributed by atoms with van der Waals surface area (Å²) in [4.78, 5) is 15.9. The molecule has 4 heteroatoms. The Bertz CT molecular complexity index is 256. The van der Waals surface area contributed by atoms with E-state index in [-0.39, 0.29) is 18.0 Å². The van der Waals surface area contributed by atoms with E-state index in [0.29, 0.717) is 5.92 Å². The molecule has 0 saturated carbocycles. The van der Waals surface area contributed by atoms with E-state index < -0.39 is 0 Å². The van der Waals surface area contributed by atoms with E-state index in [0.717, 1.165) is 32.5 Å². The fourth-order valence-electron chi connectivity index (χ4n) is 2.55. The summed E-state index contributed by atoms with van der Waals surface area (Å²) < 4.78 is 0. The molecule has 2 fully saturated rings. The van der Waals surface area contributed by atoms with Gasteiger partial charge in [-0.25, -0.2) is 0 Å². The number of rotatable bonds is 1. The minimum atomic E-state index is 0.105. The summed E-state index contributed by atoms with van der Waals surface area (Å²) in [7, 11) is 1.88. The van der Waals surface area contributed by atoms with E-state index in [2.05, 4.69) is 11.8 Å². The lowest BCUT2D eigenvalue weighted by atomic mass is 9.93. The van der Waals surface area contributed by atoms with Crippen LogP contribution in [0.4, 0.5) is 0 Å². The van der Waals surface area contributed by atoms with Gasteiger partial charge in [-0.1, -0.05) is 6.92 Å². The van der Waals surface area contributed by atoms with Crippen LogP contribution in [0.1, 0.15) is 19.8 Å². The Kier molecular flexibility index (Phi) is 2.98. The Hall–Kier alpha value is -0.610. The topological polar surface area (TPSA) is 49.6 Å². The number of piperidine rings is 1. The summed E-state index contributed by atoms with van der Waals surface area (Å²) >= 11 is 0. The second-order valence-corrected chi connectivity index (χ2v) is 4.99. The molecular weight excluding hydrogens is 190 g/mol. The first-order valence-corrected chi connectivity index (χ1v) is 5.84. The van der Waals surface area contributed by atoms with Crippen molar-refractivity contribution < 1.29 is 4.79 Å². The van der Waals surface area contributed by atoms with Crippen molar-refractivity contribution in [2.24, 2.45) is 11.7 Å².